The predicted molar refractivity (Wildman–Crippen MR) is 87.7 cm³/mol. The fourth-order valence-corrected chi connectivity index (χ4v) is 1.83. The molecule has 7 nitrogen and oxygen atoms in total. The molecule has 0 unspecified atom stereocenters. The number of nitrogens with zero attached hydrogens (tertiary/aromatic N) is 1. The average molecular weight is 355 g/mol. The average Bonchev–Trinajstić information content (AvgIpc) is 2.57. The standard InChI is InChI=1S/C16H19ClN2O5/c1-18-14(21)9-19(2)15(22)10-24-16(23)8-7-13(20)11-3-5-12(17)6-4-11/h3-6H,7-10H2,1-2H3,(H,18,21). The molecular weight excluding hydrogens is 336 g/mol. The predicted octanol–water partition coefficient (Wildman–Crippen LogP) is 1.05. The van der Waals surface area contributed by atoms with E-state index in [1.54, 1.807) is 24.3 Å². The van der Waals surface area contributed by atoms with Crippen molar-refractivity contribution in [2.45, 2.75) is 12.8 Å². The number of ether oxygens (including phenoxy) is 1. The van der Waals surface area contributed by atoms with Gasteiger partial charge in [0.15, 0.2) is 12.4 Å². The van der Waals surface area contributed by atoms with Crippen LogP contribution in [0.1, 0.15) is 23.2 Å². The second kappa shape index (κ2) is 9.67. The Hall–Kier alpha value is -2.41. The van der Waals surface area contributed by atoms with E-state index < -0.39 is 18.5 Å². The maximum atomic E-state index is 11.9. The number of carbonyl (C=O) groups is 4. The van der Waals surface area contributed by atoms with Crippen LogP contribution in [0.25, 0.3) is 0 Å². The van der Waals surface area contributed by atoms with E-state index in [-0.39, 0.29) is 31.1 Å². The fourth-order valence-electron chi connectivity index (χ4n) is 1.70. The summed E-state index contributed by atoms with van der Waals surface area (Å²) < 4.78 is 4.81. The molecule has 0 aliphatic carbocycles. The van der Waals surface area contributed by atoms with Gasteiger partial charge in [-0.3, -0.25) is 19.2 Å². The van der Waals surface area contributed by atoms with Crippen LogP contribution in [0.15, 0.2) is 24.3 Å². The van der Waals surface area contributed by atoms with Gasteiger partial charge in [0.25, 0.3) is 5.91 Å². The Balaban J connectivity index is 2.33. The lowest BCUT2D eigenvalue weighted by Crippen LogP contribution is -2.39. The summed E-state index contributed by atoms with van der Waals surface area (Å²) in [4.78, 5) is 47.4. The number of rotatable bonds is 8. The normalized spacial score (nSPS) is 9.96. The Morgan fingerprint density at radius 1 is 1.12 bits per heavy atom. The maximum absolute atomic E-state index is 11.9. The molecule has 8 heteroatoms. The summed E-state index contributed by atoms with van der Waals surface area (Å²) in [5.74, 6) is -1.70. The molecule has 0 aromatic heterocycles. The van der Waals surface area contributed by atoms with Crippen LogP contribution in [0, 0.1) is 0 Å². The number of esters is 1. The zero-order valence-electron chi connectivity index (χ0n) is 13.5. The van der Waals surface area contributed by atoms with Crippen LogP contribution in [-0.4, -0.2) is 55.7 Å². The SMILES string of the molecule is CNC(=O)CN(C)C(=O)COC(=O)CCC(=O)c1ccc(Cl)cc1. The summed E-state index contributed by atoms with van der Waals surface area (Å²) in [6.07, 6.45) is -0.156. The largest absolute Gasteiger partial charge is 0.456 e. The minimum atomic E-state index is -0.654. The highest BCUT2D eigenvalue weighted by Gasteiger charge is 2.15. The van der Waals surface area contributed by atoms with Gasteiger partial charge in [-0.15, -0.1) is 0 Å². The summed E-state index contributed by atoms with van der Waals surface area (Å²) in [6, 6.07) is 6.34. The zero-order chi connectivity index (χ0) is 18.1. The number of amides is 2. The van der Waals surface area contributed by atoms with Crippen molar-refractivity contribution in [1.29, 1.82) is 0 Å². The zero-order valence-corrected chi connectivity index (χ0v) is 14.3. The van der Waals surface area contributed by atoms with Crippen LogP contribution in [0.5, 0.6) is 0 Å². The molecule has 0 radical (unpaired) electrons. The minimum Gasteiger partial charge on any atom is -0.456 e. The number of nitrogens with one attached hydrogen (secondary N) is 1. The molecule has 1 rings (SSSR count). The molecule has 2 amide bonds. The number of hydrogen-bond donors (Lipinski definition) is 1. The number of ketones is 1. The molecule has 0 bridgehead atoms. The van der Waals surface area contributed by atoms with Crippen LogP contribution in [0.2, 0.25) is 5.02 Å². The molecule has 1 N–H and O–H groups in total. The summed E-state index contributed by atoms with van der Waals surface area (Å²) >= 11 is 5.73. The minimum absolute atomic E-state index is 0.0251. The second-order valence-corrected chi connectivity index (χ2v) is 5.45. The van der Waals surface area contributed by atoms with E-state index in [2.05, 4.69) is 5.32 Å². The third-order valence-electron chi connectivity index (χ3n) is 3.16. The number of carbonyl (C=O) groups excluding carboxylic acids is 4. The van der Waals surface area contributed by atoms with E-state index in [4.69, 9.17) is 16.3 Å². The molecule has 0 aliphatic rings. The van der Waals surface area contributed by atoms with E-state index in [9.17, 15) is 19.2 Å². The van der Waals surface area contributed by atoms with Crippen LogP contribution in [0.3, 0.4) is 0 Å². The summed E-state index contributed by atoms with van der Waals surface area (Å²) in [6.45, 7) is -0.594. The number of hydrogen-bond acceptors (Lipinski definition) is 5. The fraction of sp³-hybridized carbons (Fsp3) is 0.375. The molecular formula is C16H19ClN2O5. The molecule has 0 fully saturated rings. The highest BCUT2D eigenvalue weighted by atomic mass is 35.5. The molecule has 0 saturated carbocycles. The van der Waals surface area contributed by atoms with Gasteiger partial charge in [0.2, 0.25) is 5.91 Å². The first kappa shape index (κ1) is 19.6. The lowest BCUT2D eigenvalue weighted by molar-refractivity contribution is -0.151. The molecule has 0 aliphatic heterocycles. The van der Waals surface area contributed by atoms with Crippen molar-refractivity contribution in [3.63, 3.8) is 0 Å². The third kappa shape index (κ3) is 6.78. The Kier molecular flexibility index (Phi) is 7.91. The van der Waals surface area contributed by atoms with E-state index >= 15 is 0 Å². The van der Waals surface area contributed by atoms with Crippen LogP contribution >= 0.6 is 11.6 Å². The Labute approximate surface area is 144 Å². The first-order chi connectivity index (χ1) is 11.3. The van der Waals surface area contributed by atoms with Gasteiger partial charge in [-0.2, -0.15) is 0 Å². The monoisotopic (exact) mass is 354 g/mol. The van der Waals surface area contributed by atoms with Gasteiger partial charge < -0.3 is 15.0 Å². The molecule has 1 aromatic rings. The van der Waals surface area contributed by atoms with E-state index in [1.807, 2.05) is 0 Å². The molecule has 0 heterocycles. The summed E-state index contributed by atoms with van der Waals surface area (Å²) in [7, 11) is 2.88. The van der Waals surface area contributed by atoms with Crippen LogP contribution in [-0.2, 0) is 19.1 Å². The van der Waals surface area contributed by atoms with Gasteiger partial charge in [0.1, 0.15) is 0 Å². The van der Waals surface area contributed by atoms with Crippen molar-refractivity contribution < 1.29 is 23.9 Å². The highest BCUT2D eigenvalue weighted by molar-refractivity contribution is 6.30. The summed E-state index contributed by atoms with van der Waals surface area (Å²) in [5.41, 5.74) is 0.452. The van der Waals surface area contributed by atoms with Crippen molar-refractivity contribution >= 4 is 35.2 Å². The maximum Gasteiger partial charge on any atom is 0.306 e. The van der Waals surface area contributed by atoms with Crippen molar-refractivity contribution in [3.05, 3.63) is 34.9 Å². The van der Waals surface area contributed by atoms with Crippen molar-refractivity contribution in [1.82, 2.24) is 10.2 Å². The smallest absolute Gasteiger partial charge is 0.306 e. The number of likely N-dealkylation sites (N-methyl/N-ethyl adjacent to an activating group) is 2. The topological polar surface area (TPSA) is 92.8 Å². The van der Waals surface area contributed by atoms with Gasteiger partial charge in [-0.05, 0) is 24.3 Å². The van der Waals surface area contributed by atoms with Gasteiger partial charge in [-0.25, -0.2) is 0 Å². The molecule has 0 atom stereocenters. The van der Waals surface area contributed by atoms with Crippen LogP contribution in [0.4, 0.5) is 0 Å². The molecule has 1 aromatic carbocycles. The second-order valence-electron chi connectivity index (χ2n) is 5.01. The first-order valence-corrected chi connectivity index (χ1v) is 7.60. The number of halogens is 1. The van der Waals surface area contributed by atoms with Crippen molar-refractivity contribution in [3.8, 4) is 0 Å². The van der Waals surface area contributed by atoms with Crippen molar-refractivity contribution in [2.24, 2.45) is 0 Å². The lowest BCUT2D eigenvalue weighted by atomic mass is 10.1. The number of Topliss-reactive ketones (excluding diaryl/α,β-unsaturated/α-hetero) is 1. The van der Waals surface area contributed by atoms with Gasteiger partial charge in [-0.1, -0.05) is 11.6 Å². The van der Waals surface area contributed by atoms with E-state index in [0.717, 1.165) is 4.90 Å². The van der Waals surface area contributed by atoms with Gasteiger partial charge >= 0.3 is 5.97 Å². The molecule has 130 valence electrons. The van der Waals surface area contributed by atoms with Gasteiger partial charge in [0, 0.05) is 31.1 Å². The lowest BCUT2D eigenvalue weighted by Gasteiger charge is -2.15. The molecule has 0 saturated heterocycles. The highest BCUT2D eigenvalue weighted by Crippen LogP contribution is 2.12. The molecule has 24 heavy (non-hydrogen) atoms. The van der Waals surface area contributed by atoms with Crippen LogP contribution < -0.4 is 5.32 Å². The molecule has 0 spiro atoms. The Morgan fingerprint density at radius 2 is 1.75 bits per heavy atom. The Morgan fingerprint density at radius 3 is 2.33 bits per heavy atom. The third-order valence-corrected chi connectivity index (χ3v) is 3.42. The Bertz CT molecular complexity index is 615. The van der Waals surface area contributed by atoms with E-state index in [1.165, 1.54) is 14.1 Å². The van der Waals surface area contributed by atoms with Gasteiger partial charge in [0.05, 0.1) is 13.0 Å². The van der Waals surface area contributed by atoms with Crippen molar-refractivity contribution in [2.75, 3.05) is 27.2 Å². The quantitative estimate of drug-likeness (QED) is 0.556. The summed E-state index contributed by atoms with van der Waals surface area (Å²) in [5, 5.41) is 2.90. The number of benzene rings is 1. The first-order valence-electron chi connectivity index (χ1n) is 7.22. The van der Waals surface area contributed by atoms with E-state index in [0.29, 0.717) is 10.6 Å².